The van der Waals surface area contributed by atoms with Crippen LogP contribution in [0.3, 0.4) is 0 Å². The number of hydrazine groups is 1. The molecule has 7 heteroatoms. The molecule has 4 bridgehead atoms. The minimum atomic E-state index is -0.920. The second-order valence-electron chi connectivity index (χ2n) is 9.55. The van der Waals surface area contributed by atoms with Crippen molar-refractivity contribution >= 4 is 17.5 Å². The fourth-order valence-corrected chi connectivity index (χ4v) is 6.48. The van der Waals surface area contributed by atoms with Crippen LogP contribution in [0.5, 0.6) is 0 Å². The van der Waals surface area contributed by atoms with Crippen molar-refractivity contribution in [3.8, 4) is 0 Å². The standard InChI is InChI=1S/C21H25N3O4/c1-21(2)20(26)22(18-15-7-12-6-13(9-15)10-16(18)8-12)23(21)19(25)14-4-3-5-17(11-14)24(27)28/h3-5,11-13,15-16,18H,6-10H2,1-2H3. The number of amides is 2. The first-order valence-corrected chi connectivity index (χ1v) is 10.2. The Morgan fingerprint density at radius 1 is 1.11 bits per heavy atom. The summed E-state index contributed by atoms with van der Waals surface area (Å²) in [6.45, 7) is 3.52. The van der Waals surface area contributed by atoms with E-state index in [9.17, 15) is 19.7 Å². The van der Waals surface area contributed by atoms with E-state index in [4.69, 9.17) is 0 Å². The molecule has 1 aromatic rings. The molecule has 0 unspecified atom stereocenters. The monoisotopic (exact) mass is 383 g/mol. The molecule has 0 N–H and O–H groups in total. The van der Waals surface area contributed by atoms with Crippen LogP contribution in [-0.4, -0.2) is 38.3 Å². The van der Waals surface area contributed by atoms with Gasteiger partial charge in [0.15, 0.2) is 0 Å². The molecule has 1 saturated heterocycles. The van der Waals surface area contributed by atoms with Gasteiger partial charge in [-0.15, -0.1) is 0 Å². The maximum atomic E-state index is 13.3. The summed E-state index contributed by atoms with van der Waals surface area (Å²) in [6.07, 6.45) is 5.94. The predicted octanol–water partition coefficient (Wildman–Crippen LogP) is 3.40. The van der Waals surface area contributed by atoms with Crippen LogP contribution in [0.25, 0.3) is 0 Å². The lowest BCUT2D eigenvalue weighted by molar-refractivity contribution is -0.384. The molecular weight excluding hydrogens is 358 g/mol. The fourth-order valence-electron chi connectivity index (χ4n) is 6.48. The summed E-state index contributed by atoms with van der Waals surface area (Å²) in [5, 5.41) is 14.4. The highest BCUT2D eigenvalue weighted by molar-refractivity contribution is 6.04. The van der Waals surface area contributed by atoms with E-state index in [-0.39, 0.29) is 29.1 Å². The molecule has 5 aliphatic rings. The first kappa shape index (κ1) is 17.6. The lowest BCUT2D eigenvalue weighted by Crippen LogP contribution is -2.80. The zero-order chi connectivity index (χ0) is 19.8. The molecule has 1 aromatic carbocycles. The highest BCUT2D eigenvalue weighted by Gasteiger charge is 2.62. The summed E-state index contributed by atoms with van der Waals surface area (Å²) in [5.74, 6) is 2.16. The molecule has 0 atom stereocenters. The van der Waals surface area contributed by atoms with E-state index in [1.54, 1.807) is 29.9 Å². The zero-order valence-electron chi connectivity index (χ0n) is 16.2. The van der Waals surface area contributed by atoms with Crippen molar-refractivity contribution in [2.75, 3.05) is 0 Å². The molecule has 0 aromatic heterocycles. The van der Waals surface area contributed by atoms with Crippen molar-refractivity contribution in [2.45, 2.75) is 57.5 Å². The Hall–Kier alpha value is -2.44. The highest BCUT2D eigenvalue weighted by atomic mass is 16.6. The van der Waals surface area contributed by atoms with E-state index in [2.05, 4.69) is 0 Å². The SMILES string of the molecule is CC1(C)C(=O)N(C2C3CC4CC(C3)CC2C4)N1C(=O)c1cccc([N+](=O)[O-])c1. The lowest BCUT2D eigenvalue weighted by Gasteiger charge is -2.65. The van der Waals surface area contributed by atoms with Crippen LogP contribution >= 0.6 is 0 Å². The van der Waals surface area contributed by atoms with Gasteiger partial charge in [-0.25, -0.2) is 10.0 Å². The predicted molar refractivity (Wildman–Crippen MR) is 101 cm³/mol. The van der Waals surface area contributed by atoms with Crippen LogP contribution in [-0.2, 0) is 4.79 Å². The summed E-state index contributed by atoms with van der Waals surface area (Å²) >= 11 is 0. The van der Waals surface area contributed by atoms with Gasteiger partial charge in [-0.1, -0.05) is 6.07 Å². The van der Waals surface area contributed by atoms with Gasteiger partial charge in [-0.05, 0) is 75.7 Å². The molecular formula is C21H25N3O4. The first-order valence-electron chi connectivity index (χ1n) is 10.2. The van der Waals surface area contributed by atoms with Crippen molar-refractivity contribution < 1.29 is 14.5 Å². The summed E-state index contributed by atoms with van der Waals surface area (Å²) in [6, 6.07) is 5.88. The van der Waals surface area contributed by atoms with Crippen LogP contribution < -0.4 is 0 Å². The third-order valence-corrected chi connectivity index (χ3v) is 7.43. The number of rotatable bonds is 3. The largest absolute Gasteiger partial charge is 0.273 e. The van der Waals surface area contributed by atoms with Gasteiger partial charge in [0.2, 0.25) is 0 Å². The third-order valence-electron chi connectivity index (χ3n) is 7.43. The maximum absolute atomic E-state index is 13.3. The second-order valence-corrected chi connectivity index (χ2v) is 9.55. The van der Waals surface area contributed by atoms with Gasteiger partial charge >= 0.3 is 0 Å². The number of benzene rings is 1. The fraction of sp³-hybridized carbons (Fsp3) is 0.619. The number of nitro groups is 1. The molecule has 0 spiro atoms. The molecule has 4 aliphatic carbocycles. The number of hydrogen-bond acceptors (Lipinski definition) is 4. The Kier molecular flexibility index (Phi) is 3.64. The Labute approximate surface area is 163 Å². The third kappa shape index (κ3) is 2.34. The molecule has 2 amide bonds. The average Bonchev–Trinajstić information content (AvgIpc) is 2.65. The van der Waals surface area contributed by atoms with E-state index in [0.717, 1.165) is 37.5 Å². The van der Waals surface area contributed by atoms with Crippen molar-refractivity contribution in [3.63, 3.8) is 0 Å². The van der Waals surface area contributed by atoms with Gasteiger partial charge in [0, 0.05) is 17.7 Å². The van der Waals surface area contributed by atoms with E-state index in [1.807, 2.05) is 0 Å². The molecule has 0 radical (unpaired) electrons. The summed E-state index contributed by atoms with van der Waals surface area (Å²) in [4.78, 5) is 37.0. The van der Waals surface area contributed by atoms with Gasteiger partial charge in [0.25, 0.3) is 17.5 Å². The van der Waals surface area contributed by atoms with E-state index in [0.29, 0.717) is 11.8 Å². The van der Waals surface area contributed by atoms with E-state index < -0.39 is 10.5 Å². The number of nitro benzene ring substituents is 1. The maximum Gasteiger partial charge on any atom is 0.273 e. The molecule has 1 aliphatic heterocycles. The lowest BCUT2D eigenvalue weighted by atomic mass is 9.53. The molecule has 4 saturated carbocycles. The molecule has 148 valence electrons. The van der Waals surface area contributed by atoms with Crippen LogP contribution in [0.1, 0.15) is 56.3 Å². The van der Waals surface area contributed by atoms with Crippen molar-refractivity contribution in [2.24, 2.45) is 23.7 Å². The number of carbonyl (C=O) groups is 2. The minimum absolute atomic E-state index is 0.0104. The molecule has 1 heterocycles. The molecule has 7 nitrogen and oxygen atoms in total. The summed E-state index contributed by atoms with van der Waals surface area (Å²) in [5.41, 5.74) is -0.781. The van der Waals surface area contributed by atoms with Crippen LogP contribution in [0.4, 0.5) is 5.69 Å². The Bertz CT molecular complexity index is 852. The summed E-state index contributed by atoms with van der Waals surface area (Å²) in [7, 11) is 0. The molecule has 5 fully saturated rings. The van der Waals surface area contributed by atoms with Crippen molar-refractivity contribution in [1.82, 2.24) is 10.0 Å². The Morgan fingerprint density at radius 2 is 1.71 bits per heavy atom. The first-order chi connectivity index (χ1) is 13.3. The van der Waals surface area contributed by atoms with Gasteiger partial charge in [-0.2, -0.15) is 0 Å². The molecule has 28 heavy (non-hydrogen) atoms. The van der Waals surface area contributed by atoms with Gasteiger partial charge < -0.3 is 0 Å². The smallest absolute Gasteiger partial charge is 0.270 e. The van der Waals surface area contributed by atoms with Gasteiger partial charge in [0.1, 0.15) is 5.54 Å². The average molecular weight is 383 g/mol. The quantitative estimate of drug-likeness (QED) is 0.591. The Balaban J connectivity index is 1.47. The van der Waals surface area contributed by atoms with E-state index in [1.165, 1.54) is 24.6 Å². The Morgan fingerprint density at radius 3 is 2.29 bits per heavy atom. The number of nitrogens with zero attached hydrogens (tertiary/aromatic N) is 3. The van der Waals surface area contributed by atoms with Crippen molar-refractivity contribution in [3.05, 3.63) is 39.9 Å². The second kappa shape index (κ2) is 5.78. The minimum Gasteiger partial charge on any atom is -0.270 e. The van der Waals surface area contributed by atoms with Crippen LogP contribution in [0.2, 0.25) is 0 Å². The number of non-ortho nitro benzene ring substituents is 1. The topological polar surface area (TPSA) is 83.8 Å². The number of carbonyl (C=O) groups excluding carboxylic acids is 2. The summed E-state index contributed by atoms with van der Waals surface area (Å²) < 4.78 is 0. The zero-order valence-corrected chi connectivity index (χ0v) is 16.2. The molecule has 6 rings (SSSR count). The normalized spacial score (nSPS) is 35.1. The highest BCUT2D eigenvalue weighted by Crippen LogP contribution is 2.57. The van der Waals surface area contributed by atoms with E-state index >= 15 is 0 Å². The number of hydrogen-bond donors (Lipinski definition) is 0. The van der Waals surface area contributed by atoms with Gasteiger partial charge in [0.05, 0.1) is 11.0 Å². The van der Waals surface area contributed by atoms with Gasteiger partial charge in [-0.3, -0.25) is 19.7 Å². The van der Waals surface area contributed by atoms with Crippen LogP contribution in [0.15, 0.2) is 24.3 Å². The van der Waals surface area contributed by atoms with Crippen LogP contribution in [0, 0.1) is 33.8 Å². The van der Waals surface area contributed by atoms with Crippen molar-refractivity contribution in [1.29, 1.82) is 0 Å².